The van der Waals surface area contributed by atoms with Gasteiger partial charge in [-0.3, -0.25) is 10.1 Å². The predicted molar refractivity (Wildman–Crippen MR) is 109 cm³/mol. The van der Waals surface area contributed by atoms with Crippen LogP contribution in [0.2, 0.25) is 0 Å². The summed E-state index contributed by atoms with van der Waals surface area (Å²) in [7, 11) is 0. The highest BCUT2D eigenvalue weighted by Gasteiger charge is 2.01. The number of unbranched alkanes of at least 4 members (excludes halogenated alkanes) is 2. The first-order chi connectivity index (χ1) is 13.1. The van der Waals surface area contributed by atoms with Crippen LogP contribution in [0, 0.1) is 0 Å². The molecule has 0 heterocycles. The van der Waals surface area contributed by atoms with Crippen LogP contribution in [-0.2, 0) is 9.68 Å². The zero-order valence-electron chi connectivity index (χ0n) is 16.2. The van der Waals surface area contributed by atoms with Crippen molar-refractivity contribution in [3.05, 3.63) is 60.8 Å². The Balaban J connectivity index is 3.84. The summed E-state index contributed by atoms with van der Waals surface area (Å²) >= 11 is 0. The number of allylic oxidation sites excluding steroid dienone is 6. The minimum absolute atomic E-state index is 0.106. The lowest BCUT2D eigenvalue weighted by Crippen LogP contribution is -2.05. The molecule has 0 radical (unpaired) electrons. The van der Waals surface area contributed by atoms with Crippen LogP contribution in [0.15, 0.2) is 60.8 Å². The lowest BCUT2D eigenvalue weighted by Gasteiger charge is -2.04. The maximum absolute atomic E-state index is 10.4. The first-order valence-electron chi connectivity index (χ1n) is 9.60. The van der Waals surface area contributed by atoms with Crippen molar-refractivity contribution >= 4 is 5.97 Å². The van der Waals surface area contributed by atoms with E-state index in [0.29, 0.717) is 19.3 Å². The van der Waals surface area contributed by atoms with Gasteiger partial charge in [-0.05, 0) is 44.9 Å². The lowest BCUT2D eigenvalue weighted by atomic mass is 10.1. The maximum Gasteiger partial charge on any atom is 0.303 e. The summed E-state index contributed by atoms with van der Waals surface area (Å²) < 4.78 is 0. The van der Waals surface area contributed by atoms with Gasteiger partial charge < -0.3 is 10.2 Å². The number of carboxylic acids is 1. The normalized spacial score (nSPS) is 15.1. The number of hydrogen-bond acceptors (Lipinski definition) is 4. The van der Waals surface area contributed by atoms with Gasteiger partial charge in [-0.2, -0.15) is 0 Å². The Bertz CT molecular complexity index is 503. The third kappa shape index (κ3) is 18.6. The molecule has 5 nitrogen and oxygen atoms in total. The molecule has 0 saturated carbocycles. The van der Waals surface area contributed by atoms with E-state index in [4.69, 9.17) is 10.4 Å². The number of carboxylic acid groups (broad SMARTS) is 1. The molecule has 0 aliphatic carbocycles. The van der Waals surface area contributed by atoms with Gasteiger partial charge in [0.1, 0.15) is 6.10 Å². The Morgan fingerprint density at radius 1 is 0.926 bits per heavy atom. The molecule has 0 aromatic carbocycles. The molecule has 3 N–H and O–H groups in total. The van der Waals surface area contributed by atoms with E-state index < -0.39 is 18.2 Å². The van der Waals surface area contributed by atoms with E-state index in [0.717, 1.165) is 25.7 Å². The van der Waals surface area contributed by atoms with Crippen molar-refractivity contribution in [3.63, 3.8) is 0 Å². The number of aliphatic carboxylic acids is 1. The zero-order valence-corrected chi connectivity index (χ0v) is 16.2. The van der Waals surface area contributed by atoms with Crippen LogP contribution in [0.5, 0.6) is 0 Å². The molecule has 0 aromatic heterocycles. The van der Waals surface area contributed by atoms with Crippen LogP contribution in [0.1, 0.15) is 58.3 Å². The van der Waals surface area contributed by atoms with Crippen LogP contribution < -0.4 is 0 Å². The Labute approximate surface area is 163 Å². The highest BCUT2D eigenvalue weighted by molar-refractivity contribution is 5.66. The molecule has 0 aromatic rings. The van der Waals surface area contributed by atoms with E-state index in [9.17, 15) is 9.90 Å². The van der Waals surface area contributed by atoms with Gasteiger partial charge in [-0.15, -0.1) is 0 Å². The average Bonchev–Trinajstić information content (AvgIpc) is 2.64. The first kappa shape index (κ1) is 25.1. The third-order valence-corrected chi connectivity index (χ3v) is 3.65. The molecule has 0 spiro atoms. The average molecular weight is 379 g/mol. The van der Waals surface area contributed by atoms with Gasteiger partial charge in [-0.1, -0.05) is 67.7 Å². The molecule has 2 unspecified atom stereocenters. The fourth-order valence-corrected chi connectivity index (χ4v) is 2.16. The second-order valence-corrected chi connectivity index (χ2v) is 6.14. The molecule has 152 valence electrons. The van der Waals surface area contributed by atoms with Gasteiger partial charge in [0, 0.05) is 6.42 Å². The van der Waals surface area contributed by atoms with Gasteiger partial charge >= 0.3 is 5.97 Å². The number of aliphatic hydroxyl groups is 1. The van der Waals surface area contributed by atoms with Crippen molar-refractivity contribution in [1.82, 2.24) is 0 Å². The Kier molecular flexibility index (Phi) is 17.5. The second-order valence-electron chi connectivity index (χ2n) is 6.14. The molecule has 0 aliphatic heterocycles. The first-order valence-corrected chi connectivity index (χ1v) is 9.60. The van der Waals surface area contributed by atoms with Crippen molar-refractivity contribution in [3.8, 4) is 0 Å². The molecule has 0 aliphatic rings. The van der Waals surface area contributed by atoms with Crippen LogP contribution >= 0.6 is 0 Å². The highest BCUT2D eigenvalue weighted by atomic mass is 17.1. The molecule has 27 heavy (non-hydrogen) atoms. The second kappa shape index (κ2) is 18.8. The van der Waals surface area contributed by atoms with Gasteiger partial charge in [-0.25, -0.2) is 4.89 Å². The molecule has 0 bridgehead atoms. The van der Waals surface area contributed by atoms with Crippen molar-refractivity contribution in [2.24, 2.45) is 0 Å². The van der Waals surface area contributed by atoms with E-state index in [1.165, 1.54) is 0 Å². The Morgan fingerprint density at radius 2 is 1.67 bits per heavy atom. The fraction of sp³-hybridized carbons (Fsp3) is 0.500. The minimum Gasteiger partial charge on any atom is -0.481 e. The van der Waals surface area contributed by atoms with E-state index in [-0.39, 0.29) is 6.42 Å². The van der Waals surface area contributed by atoms with Crippen LogP contribution in [0.25, 0.3) is 0 Å². The summed E-state index contributed by atoms with van der Waals surface area (Å²) in [6, 6.07) is 0. The summed E-state index contributed by atoms with van der Waals surface area (Å²) in [5.74, 6) is -0.820. The number of rotatable bonds is 16. The summed E-state index contributed by atoms with van der Waals surface area (Å²) in [5.41, 5.74) is 0. The van der Waals surface area contributed by atoms with Crippen molar-refractivity contribution in [1.29, 1.82) is 0 Å². The van der Waals surface area contributed by atoms with Gasteiger partial charge in [0.2, 0.25) is 0 Å². The molecule has 0 saturated heterocycles. The van der Waals surface area contributed by atoms with Crippen molar-refractivity contribution in [2.45, 2.75) is 70.5 Å². The van der Waals surface area contributed by atoms with Gasteiger partial charge in [0.25, 0.3) is 0 Å². The van der Waals surface area contributed by atoms with Gasteiger partial charge in [0.15, 0.2) is 0 Å². The molecule has 5 heteroatoms. The SMILES string of the molecule is CC/C=C\CC(O)/C=C/C=C\CCC/C=C/C(C/C=C\CCC(=O)O)OO. The predicted octanol–water partition coefficient (Wildman–Crippen LogP) is 5.21. The quantitative estimate of drug-likeness (QED) is 0.113. The summed E-state index contributed by atoms with van der Waals surface area (Å²) in [5, 5.41) is 27.1. The summed E-state index contributed by atoms with van der Waals surface area (Å²) in [6.45, 7) is 2.07. The smallest absolute Gasteiger partial charge is 0.303 e. The van der Waals surface area contributed by atoms with E-state index >= 15 is 0 Å². The number of carbonyl (C=O) groups is 1. The van der Waals surface area contributed by atoms with E-state index in [2.05, 4.69) is 17.9 Å². The Morgan fingerprint density at radius 3 is 2.37 bits per heavy atom. The fourth-order valence-electron chi connectivity index (χ4n) is 2.16. The van der Waals surface area contributed by atoms with Crippen LogP contribution in [0.3, 0.4) is 0 Å². The molecule has 0 fully saturated rings. The maximum atomic E-state index is 10.4. The van der Waals surface area contributed by atoms with Gasteiger partial charge in [0.05, 0.1) is 6.10 Å². The molecule has 2 atom stereocenters. The van der Waals surface area contributed by atoms with Crippen LogP contribution in [-0.4, -0.2) is 33.6 Å². The van der Waals surface area contributed by atoms with E-state index in [1.807, 2.05) is 42.5 Å². The largest absolute Gasteiger partial charge is 0.481 e. The topological polar surface area (TPSA) is 87.0 Å². The summed E-state index contributed by atoms with van der Waals surface area (Å²) in [4.78, 5) is 14.8. The molecular formula is C22H34O5. The van der Waals surface area contributed by atoms with Crippen LogP contribution in [0.4, 0.5) is 0 Å². The monoisotopic (exact) mass is 378 g/mol. The highest BCUT2D eigenvalue weighted by Crippen LogP contribution is 2.05. The summed E-state index contributed by atoms with van der Waals surface area (Å²) in [6.07, 6.45) is 23.7. The Hall–Kier alpha value is -1.95. The number of hydrogen-bond donors (Lipinski definition) is 3. The van der Waals surface area contributed by atoms with Crippen molar-refractivity contribution in [2.75, 3.05) is 0 Å². The molecule has 0 rings (SSSR count). The molecular weight excluding hydrogens is 344 g/mol. The number of aliphatic hydroxyl groups excluding tert-OH is 1. The minimum atomic E-state index is -0.820. The standard InChI is InChI=1S/C22H34O5/c1-2-3-10-15-20(23)16-11-7-5-4-6-8-12-17-21(27-26)18-13-9-14-19-22(24)25/h3,5,7,9-13,16-17,20-21,23,26H,2,4,6,8,14-15,18-19H2,1H3,(H,24,25)/b7-5-,10-3-,13-9-,16-11+,17-12+. The third-order valence-electron chi connectivity index (χ3n) is 3.65. The zero-order chi connectivity index (χ0) is 20.2. The van der Waals surface area contributed by atoms with Crippen molar-refractivity contribution < 1.29 is 25.2 Å². The van der Waals surface area contributed by atoms with E-state index in [1.54, 1.807) is 12.2 Å². The lowest BCUT2D eigenvalue weighted by molar-refractivity contribution is -0.264. The molecule has 0 amide bonds.